The molecular formula is C28H22N2O. The lowest BCUT2D eigenvalue weighted by molar-refractivity contribution is -0.126. The highest BCUT2D eigenvalue weighted by Gasteiger charge is 2.50. The number of hydrazine groups is 1. The molecular weight excluding hydrogens is 380 g/mol. The highest BCUT2D eigenvalue weighted by atomic mass is 16.1. The summed E-state index contributed by atoms with van der Waals surface area (Å²) in [5, 5.41) is 8.89. The molecule has 31 heavy (non-hydrogen) atoms. The zero-order valence-electron chi connectivity index (χ0n) is 17.1. The molecule has 0 atom stereocenters. The van der Waals surface area contributed by atoms with Crippen molar-refractivity contribution < 1.29 is 4.79 Å². The number of hydrogen-bond acceptors (Lipinski definition) is 3. The average molecular weight is 402 g/mol. The van der Waals surface area contributed by atoms with Gasteiger partial charge >= 0.3 is 0 Å². The maximum absolute atomic E-state index is 13.8. The fourth-order valence-electron chi connectivity index (χ4n) is 4.96. The number of carbonyl (C=O) groups excluding carboxylic acids is 1. The lowest BCUT2D eigenvalue weighted by Gasteiger charge is -2.44. The summed E-state index contributed by atoms with van der Waals surface area (Å²) in [6.07, 6.45) is 8.87. The second-order valence-corrected chi connectivity index (χ2v) is 8.20. The van der Waals surface area contributed by atoms with Crippen LogP contribution >= 0.6 is 0 Å². The largest absolute Gasteiger partial charge is 0.292 e. The molecule has 2 aliphatic heterocycles. The molecule has 3 heteroatoms. The summed E-state index contributed by atoms with van der Waals surface area (Å²) >= 11 is 0. The van der Waals surface area contributed by atoms with Crippen LogP contribution in [0.15, 0.2) is 109 Å². The van der Waals surface area contributed by atoms with E-state index >= 15 is 0 Å². The molecule has 0 N–H and O–H groups in total. The number of nitrogens with zero attached hydrogens (tertiary/aromatic N) is 2. The molecule has 0 fully saturated rings. The van der Waals surface area contributed by atoms with Gasteiger partial charge in [0.25, 0.3) is 0 Å². The molecule has 0 unspecified atom stereocenters. The molecule has 0 radical (unpaired) electrons. The zero-order valence-corrected chi connectivity index (χ0v) is 17.1. The summed E-state index contributed by atoms with van der Waals surface area (Å²) in [6, 6.07) is 29.4. The van der Waals surface area contributed by atoms with E-state index < -0.39 is 5.54 Å². The van der Waals surface area contributed by atoms with Gasteiger partial charge in [0.05, 0.1) is 0 Å². The van der Waals surface area contributed by atoms with Crippen molar-refractivity contribution in [2.75, 3.05) is 6.54 Å². The second kappa shape index (κ2) is 6.85. The maximum atomic E-state index is 13.8. The SMILES string of the molecule is O=C1C=CN(N2C=CCC2)C1(c1ccc2ccccc2c1)c1ccc2ccccc2c1. The van der Waals surface area contributed by atoms with Crippen LogP contribution in [0.4, 0.5) is 0 Å². The minimum Gasteiger partial charge on any atom is -0.292 e. The van der Waals surface area contributed by atoms with Gasteiger partial charge in [-0.05, 0) is 51.2 Å². The van der Waals surface area contributed by atoms with E-state index in [9.17, 15) is 4.79 Å². The Morgan fingerprint density at radius 1 is 0.677 bits per heavy atom. The lowest BCUT2D eigenvalue weighted by atomic mass is 9.78. The monoisotopic (exact) mass is 402 g/mol. The van der Waals surface area contributed by atoms with Crippen LogP contribution in [-0.4, -0.2) is 22.3 Å². The third kappa shape index (κ3) is 2.63. The predicted octanol–water partition coefficient (Wildman–Crippen LogP) is 5.77. The molecule has 0 saturated carbocycles. The first-order valence-corrected chi connectivity index (χ1v) is 10.7. The molecule has 0 aromatic heterocycles. The van der Waals surface area contributed by atoms with Gasteiger partial charge < -0.3 is 0 Å². The summed E-state index contributed by atoms with van der Waals surface area (Å²) < 4.78 is 0. The van der Waals surface area contributed by atoms with Gasteiger partial charge in [0, 0.05) is 25.0 Å². The molecule has 0 aliphatic carbocycles. The van der Waals surface area contributed by atoms with Crippen molar-refractivity contribution in [2.24, 2.45) is 0 Å². The van der Waals surface area contributed by atoms with Crippen LogP contribution in [0.2, 0.25) is 0 Å². The van der Waals surface area contributed by atoms with E-state index in [0.29, 0.717) is 0 Å². The van der Waals surface area contributed by atoms with Crippen LogP contribution in [-0.2, 0) is 10.3 Å². The Bertz CT molecular complexity index is 1300. The maximum Gasteiger partial charge on any atom is 0.193 e. The summed E-state index contributed by atoms with van der Waals surface area (Å²) in [7, 11) is 0. The third-order valence-electron chi connectivity index (χ3n) is 6.48. The van der Waals surface area contributed by atoms with Gasteiger partial charge in [-0.3, -0.25) is 14.8 Å². The van der Waals surface area contributed by atoms with Crippen molar-refractivity contribution in [1.29, 1.82) is 0 Å². The Labute approximate surface area is 181 Å². The summed E-state index contributed by atoms with van der Waals surface area (Å²) in [4.78, 5) is 13.8. The highest BCUT2D eigenvalue weighted by Crippen LogP contribution is 2.44. The molecule has 4 aromatic carbocycles. The van der Waals surface area contributed by atoms with Crippen molar-refractivity contribution in [2.45, 2.75) is 12.0 Å². The first-order valence-electron chi connectivity index (χ1n) is 10.7. The van der Waals surface area contributed by atoms with Gasteiger partial charge in [0.1, 0.15) is 0 Å². The number of benzene rings is 4. The number of rotatable bonds is 3. The molecule has 2 heterocycles. The average Bonchev–Trinajstić information content (AvgIpc) is 3.47. The number of ketones is 1. The van der Waals surface area contributed by atoms with E-state index in [4.69, 9.17) is 0 Å². The molecule has 4 aromatic rings. The smallest absolute Gasteiger partial charge is 0.193 e. The minimum atomic E-state index is -0.928. The van der Waals surface area contributed by atoms with E-state index in [1.54, 1.807) is 6.08 Å². The number of fused-ring (bicyclic) bond motifs is 2. The fourth-order valence-corrected chi connectivity index (χ4v) is 4.96. The van der Waals surface area contributed by atoms with E-state index in [1.807, 2.05) is 30.5 Å². The lowest BCUT2D eigenvalue weighted by Crippen LogP contribution is -2.52. The Hall–Kier alpha value is -3.85. The Morgan fingerprint density at radius 2 is 1.26 bits per heavy atom. The van der Waals surface area contributed by atoms with Crippen LogP contribution in [0.3, 0.4) is 0 Å². The predicted molar refractivity (Wildman–Crippen MR) is 125 cm³/mol. The standard InChI is InChI=1S/C28H22N2O/c31-27-15-18-30(29-16-5-6-17-29)28(27,25-13-11-21-7-1-3-9-23(21)19-25)26-14-12-22-8-2-4-10-24(22)20-26/h1-5,7-16,18-20H,6,17H2. The van der Waals surface area contributed by atoms with Crippen molar-refractivity contribution in [3.8, 4) is 0 Å². The second-order valence-electron chi connectivity index (χ2n) is 8.20. The van der Waals surface area contributed by atoms with E-state index in [2.05, 4.69) is 83.0 Å². The number of carbonyl (C=O) groups is 1. The summed E-state index contributed by atoms with van der Waals surface area (Å²) in [5.74, 6) is 0.0818. The van der Waals surface area contributed by atoms with E-state index in [0.717, 1.165) is 34.9 Å². The first kappa shape index (κ1) is 18.0. The first-order chi connectivity index (χ1) is 15.3. The molecule has 150 valence electrons. The van der Waals surface area contributed by atoms with Gasteiger partial charge in [0.15, 0.2) is 11.3 Å². The number of hydrogen-bond donors (Lipinski definition) is 0. The van der Waals surface area contributed by atoms with Crippen molar-refractivity contribution in [3.63, 3.8) is 0 Å². The Balaban J connectivity index is 1.64. The fraction of sp³-hybridized carbons (Fsp3) is 0.107. The zero-order chi connectivity index (χ0) is 20.8. The van der Waals surface area contributed by atoms with Gasteiger partial charge in [-0.1, -0.05) is 78.9 Å². The molecule has 3 nitrogen and oxygen atoms in total. The Morgan fingerprint density at radius 3 is 1.81 bits per heavy atom. The third-order valence-corrected chi connectivity index (χ3v) is 6.48. The molecule has 0 amide bonds. The van der Waals surface area contributed by atoms with Crippen LogP contribution in [0.25, 0.3) is 21.5 Å². The van der Waals surface area contributed by atoms with E-state index in [1.165, 1.54) is 10.8 Å². The van der Waals surface area contributed by atoms with Crippen molar-refractivity contribution >= 4 is 27.3 Å². The van der Waals surface area contributed by atoms with Crippen LogP contribution in [0, 0.1) is 0 Å². The van der Waals surface area contributed by atoms with Crippen molar-refractivity contribution in [3.05, 3.63) is 121 Å². The van der Waals surface area contributed by atoms with Gasteiger partial charge in [0.2, 0.25) is 0 Å². The summed E-state index contributed by atoms with van der Waals surface area (Å²) in [5.41, 5.74) is 1.04. The van der Waals surface area contributed by atoms with Gasteiger partial charge in [-0.2, -0.15) is 0 Å². The molecule has 2 aliphatic rings. The Kier molecular flexibility index (Phi) is 3.97. The highest BCUT2D eigenvalue weighted by molar-refractivity contribution is 6.05. The van der Waals surface area contributed by atoms with Gasteiger partial charge in [-0.15, -0.1) is 0 Å². The topological polar surface area (TPSA) is 23.6 Å². The van der Waals surface area contributed by atoms with Crippen LogP contribution in [0.5, 0.6) is 0 Å². The normalized spacial score (nSPS) is 17.4. The van der Waals surface area contributed by atoms with Gasteiger partial charge in [-0.25, -0.2) is 0 Å². The van der Waals surface area contributed by atoms with Crippen molar-refractivity contribution in [1.82, 2.24) is 10.0 Å². The van der Waals surface area contributed by atoms with E-state index in [-0.39, 0.29) is 5.78 Å². The molecule has 0 saturated heterocycles. The molecule has 0 spiro atoms. The molecule has 0 bridgehead atoms. The van der Waals surface area contributed by atoms with Crippen LogP contribution < -0.4 is 0 Å². The summed E-state index contributed by atoms with van der Waals surface area (Å²) in [6.45, 7) is 0.862. The molecule has 6 rings (SSSR count). The van der Waals surface area contributed by atoms with Crippen LogP contribution in [0.1, 0.15) is 17.5 Å². The minimum absolute atomic E-state index is 0.0818. The quantitative estimate of drug-likeness (QED) is 0.435.